The molecule has 0 radical (unpaired) electrons. The quantitative estimate of drug-likeness (QED) is 0.590. The van der Waals surface area contributed by atoms with Crippen LogP contribution in [0.5, 0.6) is 0 Å². The van der Waals surface area contributed by atoms with Crippen molar-refractivity contribution >= 4 is 21.8 Å². The van der Waals surface area contributed by atoms with Crippen LogP contribution < -0.4 is 11.2 Å². The summed E-state index contributed by atoms with van der Waals surface area (Å²) in [6, 6.07) is 0. The third-order valence-electron chi connectivity index (χ3n) is 2.75. The molecular formula is C12H14N2O3S. The van der Waals surface area contributed by atoms with Crippen molar-refractivity contribution in [3.8, 4) is 0 Å². The van der Waals surface area contributed by atoms with Gasteiger partial charge in [0.15, 0.2) is 5.23 Å². The molecule has 0 spiro atoms. The molecule has 18 heavy (non-hydrogen) atoms. The van der Waals surface area contributed by atoms with E-state index in [1.54, 1.807) is 11.5 Å². The van der Waals surface area contributed by atoms with E-state index in [9.17, 15) is 14.4 Å². The lowest BCUT2D eigenvalue weighted by Gasteiger charge is -2.15. The summed E-state index contributed by atoms with van der Waals surface area (Å²) in [6.07, 6.45) is 1.61. The van der Waals surface area contributed by atoms with Gasteiger partial charge in [-0.05, 0) is 27.9 Å². The van der Waals surface area contributed by atoms with Crippen molar-refractivity contribution in [2.45, 2.75) is 25.4 Å². The number of hydrogen-bond acceptors (Lipinski definition) is 3. The fraction of sp³-hybridized carbons (Fsp3) is 0.417. The van der Waals surface area contributed by atoms with E-state index in [4.69, 9.17) is 0 Å². The standard InChI is InChI=1S/C12H14N2O3S/c1-8(2)6-14-11-9(4-5-18(11)7-15)10(16)13(3)12(14)17/h4-5,8H,6H2,1-3H3. The predicted octanol–water partition coefficient (Wildman–Crippen LogP) is 0.882. The highest BCUT2D eigenvalue weighted by Crippen LogP contribution is 2.34. The van der Waals surface area contributed by atoms with Crippen LogP contribution in [0.2, 0.25) is 0 Å². The summed E-state index contributed by atoms with van der Waals surface area (Å²) in [7, 11) is 0.553. The highest BCUT2D eigenvalue weighted by molar-refractivity contribution is 8.17. The molecule has 0 aromatic carbocycles. The molecule has 0 aliphatic carbocycles. The van der Waals surface area contributed by atoms with Crippen molar-refractivity contribution in [2.24, 2.45) is 13.0 Å². The van der Waals surface area contributed by atoms with Crippen LogP contribution >= 0.6 is 10.5 Å². The molecule has 1 aromatic heterocycles. The van der Waals surface area contributed by atoms with E-state index in [0.717, 1.165) is 4.57 Å². The Kier molecular flexibility index (Phi) is 3.24. The van der Waals surface area contributed by atoms with Gasteiger partial charge in [-0.2, -0.15) is 0 Å². The molecule has 2 heterocycles. The zero-order valence-electron chi connectivity index (χ0n) is 10.5. The topological polar surface area (TPSA) is 61.1 Å². The Morgan fingerprint density at radius 1 is 1.39 bits per heavy atom. The second-order valence-corrected chi connectivity index (χ2v) is 6.09. The molecule has 0 fully saturated rings. The maximum Gasteiger partial charge on any atom is 0.331 e. The van der Waals surface area contributed by atoms with Gasteiger partial charge in [-0.3, -0.25) is 13.9 Å². The van der Waals surface area contributed by atoms with Gasteiger partial charge < -0.3 is 0 Å². The van der Waals surface area contributed by atoms with E-state index in [-0.39, 0.29) is 17.2 Å². The average molecular weight is 266 g/mol. The molecule has 0 amide bonds. The Balaban J connectivity index is 2.88. The molecular weight excluding hydrogens is 252 g/mol. The summed E-state index contributed by atoms with van der Waals surface area (Å²) in [5.74, 6) is 0.252. The summed E-state index contributed by atoms with van der Waals surface area (Å²) in [5.41, 5.74) is -0.287. The second-order valence-electron chi connectivity index (χ2n) is 4.59. The minimum atomic E-state index is -0.902. The molecule has 1 aliphatic rings. The minimum Gasteiger partial charge on any atom is -0.287 e. The third kappa shape index (κ3) is 1.83. The van der Waals surface area contributed by atoms with E-state index in [0.29, 0.717) is 17.1 Å². The summed E-state index contributed by atoms with van der Waals surface area (Å²) in [6.45, 7) is 4.45. The number of aromatic nitrogens is 2. The van der Waals surface area contributed by atoms with Crippen LogP contribution in [0.25, 0.3) is 6.08 Å². The van der Waals surface area contributed by atoms with Crippen molar-refractivity contribution in [3.05, 3.63) is 31.8 Å². The normalized spacial score (nSPS) is 17.0. The van der Waals surface area contributed by atoms with Gasteiger partial charge in [0.1, 0.15) is 5.03 Å². The van der Waals surface area contributed by atoms with Gasteiger partial charge in [0.25, 0.3) is 5.56 Å². The van der Waals surface area contributed by atoms with E-state index >= 15 is 0 Å². The monoisotopic (exact) mass is 266 g/mol. The maximum absolute atomic E-state index is 12.1. The Bertz CT molecular complexity index is 703. The molecule has 5 nitrogen and oxygen atoms in total. The smallest absolute Gasteiger partial charge is 0.287 e. The van der Waals surface area contributed by atoms with Gasteiger partial charge in [-0.25, -0.2) is 9.59 Å². The summed E-state index contributed by atoms with van der Waals surface area (Å²) >= 11 is 0. The molecule has 1 unspecified atom stereocenters. The van der Waals surface area contributed by atoms with Gasteiger partial charge in [-0.15, -0.1) is 0 Å². The molecule has 0 saturated heterocycles. The van der Waals surface area contributed by atoms with Crippen LogP contribution in [0, 0.1) is 5.92 Å². The average Bonchev–Trinajstić information content (AvgIpc) is 2.75. The van der Waals surface area contributed by atoms with Gasteiger partial charge in [0.2, 0.25) is 0 Å². The van der Waals surface area contributed by atoms with Crippen molar-refractivity contribution in [1.82, 2.24) is 9.13 Å². The fourth-order valence-electron chi connectivity index (χ4n) is 1.95. The summed E-state index contributed by atoms with van der Waals surface area (Å²) in [4.78, 5) is 35.0. The summed E-state index contributed by atoms with van der Waals surface area (Å²) < 4.78 is 2.61. The van der Waals surface area contributed by atoms with Crippen molar-refractivity contribution in [2.75, 3.05) is 0 Å². The predicted molar refractivity (Wildman–Crippen MR) is 71.4 cm³/mol. The largest absolute Gasteiger partial charge is 0.331 e. The van der Waals surface area contributed by atoms with E-state index in [1.165, 1.54) is 11.6 Å². The number of hydrogen-bond donors (Lipinski definition) is 0. The molecule has 0 bridgehead atoms. The fourth-order valence-corrected chi connectivity index (χ4v) is 3.26. The SMILES string of the molecule is CC(C)Cn1c2c(c(=O)n(C)c1=O)C=CS2=C=O. The molecule has 96 valence electrons. The number of rotatable bonds is 2. The first kappa shape index (κ1) is 12.8. The second kappa shape index (κ2) is 4.55. The minimum absolute atomic E-state index is 0.252. The van der Waals surface area contributed by atoms with E-state index in [1.807, 2.05) is 19.1 Å². The van der Waals surface area contributed by atoms with Crippen LogP contribution in [0.4, 0.5) is 0 Å². The van der Waals surface area contributed by atoms with Crippen molar-refractivity contribution < 1.29 is 4.79 Å². The Morgan fingerprint density at radius 3 is 2.61 bits per heavy atom. The lowest BCUT2D eigenvalue weighted by atomic mass is 10.2. The molecule has 1 atom stereocenters. The van der Waals surface area contributed by atoms with Crippen LogP contribution in [0.15, 0.2) is 20.0 Å². The summed E-state index contributed by atoms with van der Waals surface area (Å²) in [5, 5.41) is 4.03. The van der Waals surface area contributed by atoms with Gasteiger partial charge in [0.05, 0.1) is 5.56 Å². The molecule has 0 saturated carbocycles. The van der Waals surface area contributed by atoms with Crippen molar-refractivity contribution in [3.63, 3.8) is 0 Å². The lowest BCUT2D eigenvalue weighted by molar-refractivity contribution is 0.457. The van der Waals surface area contributed by atoms with E-state index < -0.39 is 10.5 Å². The number of fused-ring (bicyclic) bond motifs is 1. The van der Waals surface area contributed by atoms with Gasteiger partial charge >= 0.3 is 5.69 Å². The Morgan fingerprint density at radius 2 is 2.06 bits per heavy atom. The molecule has 1 aromatic rings. The first-order valence-electron chi connectivity index (χ1n) is 5.60. The number of nitrogens with zero attached hydrogens (tertiary/aromatic N) is 2. The van der Waals surface area contributed by atoms with Crippen LogP contribution in [0.3, 0.4) is 0 Å². The molecule has 0 N–H and O–H groups in total. The van der Waals surface area contributed by atoms with E-state index in [2.05, 4.69) is 0 Å². The third-order valence-corrected chi connectivity index (χ3v) is 4.19. The Hall–Kier alpha value is -1.65. The highest BCUT2D eigenvalue weighted by Gasteiger charge is 2.22. The number of carbonyl (C=O) groups excluding carboxylic acids is 1. The van der Waals surface area contributed by atoms with Crippen LogP contribution in [-0.4, -0.2) is 14.4 Å². The first-order chi connectivity index (χ1) is 8.47. The lowest BCUT2D eigenvalue weighted by Crippen LogP contribution is -2.40. The molecule has 2 rings (SSSR count). The zero-order chi connectivity index (χ0) is 13.4. The van der Waals surface area contributed by atoms with Gasteiger partial charge in [0, 0.05) is 13.6 Å². The van der Waals surface area contributed by atoms with Crippen LogP contribution in [0.1, 0.15) is 19.4 Å². The molecule has 6 heteroatoms. The zero-order valence-corrected chi connectivity index (χ0v) is 11.3. The highest BCUT2D eigenvalue weighted by atomic mass is 32.2. The van der Waals surface area contributed by atoms with Crippen molar-refractivity contribution in [1.29, 1.82) is 0 Å². The molecule has 1 aliphatic heterocycles. The maximum atomic E-state index is 12.1. The van der Waals surface area contributed by atoms with Gasteiger partial charge in [-0.1, -0.05) is 13.8 Å². The first-order valence-corrected chi connectivity index (χ1v) is 6.89. The van der Waals surface area contributed by atoms with Crippen LogP contribution in [-0.2, 0) is 18.4 Å². The Labute approximate surface area is 106 Å².